The summed E-state index contributed by atoms with van der Waals surface area (Å²) in [5.41, 5.74) is 2.65. The second-order valence-corrected chi connectivity index (χ2v) is 12.2. The van der Waals surface area contributed by atoms with Crippen LogP contribution in [0.1, 0.15) is 104 Å². The van der Waals surface area contributed by atoms with Gasteiger partial charge in [0.15, 0.2) is 0 Å². The minimum Gasteiger partial charge on any atom is -0.393 e. The number of aliphatic hydroxyl groups is 1. The van der Waals surface area contributed by atoms with Crippen LogP contribution in [-0.4, -0.2) is 11.2 Å². The molecule has 158 valence electrons. The second-order valence-electron chi connectivity index (χ2n) is 12.2. The van der Waals surface area contributed by atoms with E-state index in [1.807, 2.05) is 0 Å². The summed E-state index contributed by atoms with van der Waals surface area (Å²) in [7, 11) is 0. The molecule has 0 aromatic heterocycles. The molecule has 1 heteroatoms. The van der Waals surface area contributed by atoms with E-state index in [1.165, 1.54) is 70.6 Å². The highest BCUT2D eigenvalue weighted by molar-refractivity contribution is 5.25. The Hall–Kier alpha value is -0.300. The van der Waals surface area contributed by atoms with Gasteiger partial charge in [0.2, 0.25) is 0 Å². The molecule has 1 nitrogen and oxygen atoms in total. The smallest absolute Gasteiger partial charge is 0.0577 e. The zero-order valence-electron chi connectivity index (χ0n) is 18.8. The molecule has 8 atom stereocenters. The normalized spacial score (nSPS) is 49.0. The molecule has 0 spiro atoms. The minimum atomic E-state index is -0.0707. The van der Waals surface area contributed by atoms with E-state index in [9.17, 15) is 5.11 Å². The van der Waals surface area contributed by atoms with Crippen molar-refractivity contribution in [3.8, 4) is 0 Å². The Morgan fingerprint density at radius 3 is 2.64 bits per heavy atom. The van der Waals surface area contributed by atoms with Crippen molar-refractivity contribution in [2.75, 3.05) is 0 Å². The van der Waals surface area contributed by atoms with Gasteiger partial charge in [0, 0.05) is 0 Å². The molecule has 0 amide bonds. The van der Waals surface area contributed by atoms with Crippen molar-refractivity contribution in [3.63, 3.8) is 0 Å². The molecule has 0 aromatic carbocycles. The summed E-state index contributed by atoms with van der Waals surface area (Å²) in [6.45, 7) is 7.77. The topological polar surface area (TPSA) is 20.2 Å². The van der Waals surface area contributed by atoms with Crippen molar-refractivity contribution < 1.29 is 5.11 Å². The first-order valence-corrected chi connectivity index (χ1v) is 12.8. The van der Waals surface area contributed by atoms with Crippen LogP contribution in [0.4, 0.5) is 0 Å². The van der Waals surface area contributed by atoms with Crippen LogP contribution in [0.3, 0.4) is 0 Å². The summed E-state index contributed by atoms with van der Waals surface area (Å²) in [4.78, 5) is 0. The Labute approximate surface area is 173 Å². The van der Waals surface area contributed by atoms with E-state index < -0.39 is 0 Å². The average molecular weight is 385 g/mol. The Kier molecular flexibility index (Phi) is 5.01. The summed E-state index contributed by atoms with van der Waals surface area (Å²) < 4.78 is 0. The lowest BCUT2D eigenvalue weighted by Gasteiger charge is -2.58. The van der Waals surface area contributed by atoms with Gasteiger partial charge in [0.05, 0.1) is 6.10 Å². The van der Waals surface area contributed by atoms with Crippen molar-refractivity contribution in [1.29, 1.82) is 0 Å². The Morgan fingerprint density at radius 1 is 1.04 bits per heavy atom. The average Bonchev–Trinajstić information content (AvgIpc) is 3.46. The lowest BCUT2D eigenvalue weighted by Crippen LogP contribution is -2.50. The van der Waals surface area contributed by atoms with E-state index in [0.717, 1.165) is 48.3 Å². The molecule has 0 bridgehead atoms. The molecule has 4 saturated carbocycles. The highest BCUT2D eigenvalue weighted by Crippen LogP contribution is 2.66. The molecule has 0 aromatic rings. The maximum atomic E-state index is 10.2. The van der Waals surface area contributed by atoms with Gasteiger partial charge in [-0.3, -0.25) is 0 Å². The van der Waals surface area contributed by atoms with E-state index in [1.54, 1.807) is 5.57 Å². The summed E-state index contributed by atoms with van der Waals surface area (Å²) in [5, 5.41) is 10.2. The van der Waals surface area contributed by atoms with Gasteiger partial charge < -0.3 is 5.11 Å². The van der Waals surface area contributed by atoms with Crippen molar-refractivity contribution in [3.05, 3.63) is 11.6 Å². The van der Waals surface area contributed by atoms with Gasteiger partial charge in [-0.15, -0.1) is 0 Å². The summed E-state index contributed by atoms with van der Waals surface area (Å²) >= 11 is 0. The lowest BCUT2D eigenvalue weighted by atomic mass is 9.47. The monoisotopic (exact) mass is 384 g/mol. The van der Waals surface area contributed by atoms with Crippen LogP contribution in [0.25, 0.3) is 0 Å². The van der Waals surface area contributed by atoms with Crippen molar-refractivity contribution >= 4 is 0 Å². The summed E-state index contributed by atoms with van der Waals surface area (Å²) in [5.74, 6) is 5.87. The first-order chi connectivity index (χ1) is 13.4. The van der Waals surface area contributed by atoms with E-state index in [-0.39, 0.29) is 6.10 Å². The molecular weight excluding hydrogens is 340 g/mol. The van der Waals surface area contributed by atoms with E-state index in [4.69, 9.17) is 0 Å². The van der Waals surface area contributed by atoms with Gasteiger partial charge in [0.25, 0.3) is 0 Å². The van der Waals surface area contributed by atoms with Gasteiger partial charge >= 0.3 is 0 Å². The first kappa shape index (κ1) is 19.7. The van der Waals surface area contributed by atoms with Gasteiger partial charge in [-0.2, -0.15) is 0 Å². The fourth-order valence-corrected chi connectivity index (χ4v) is 8.81. The fraction of sp³-hybridized carbons (Fsp3) is 0.926. The molecule has 4 fully saturated rings. The van der Waals surface area contributed by atoms with Crippen LogP contribution in [0.15, 0.2) is 11.6 Å². The highest BCUT2D eigenvalue weighted by Gasteiger charge is 2.58. The minimum absolute atomic E-state index is 0.0707. The number of hydrogen-bond donors (Lipinski definition) is 1. The predicted octanol–water partition coefficient (Wildman–Crippen LogP) is 7.14. The molecule has 0 radical (unpaired) electrons. The van der Waals surface area contributed by atoms with Crippen molar-refractivity contribution in [2.45, 2.75) is 110 Å². The summed E-state index contributed by atoms with van der Waals surface area (Å²) in [6, 6.07) is 0. The van der Waals surface area contributed by atoms with Crippen molar-refractivity contribution in [1.82, 2.24) is 0 Å². The van der Waals surface area contributed by atoms with E-state index in [0.29, 0.717) is 10.8 Å². The molecule has 0 aliphatic heterocycles. The zero-order valence-corrected chi connectivity index (χ0v) is 18.8. The largest absolute Gasteiger partial charge is 0.393 e. The molecule has 5 rings (SSSR count). The molecule has 1 N–H and O–H groups in total. The third kappa shape index (κ3) is 3.14. The third-order valence-corrected chi connectivity index (χ3v) is 10.9. The Bertz CT molecular complexity index is 618. The fourth-order valence-electron chi connectivity index (χ4n) is 8.81. The molecular formula is C27H44O. The zero-order chi connectivity index (χ0) is 19.5. The van der Waals surface area contributed by atoms with Gasteiger partial charge in [-0.25, -0.2) is 0 Å². The number of allylic oxidation sites excluding steroid dienone is 1. The van der Waals surface area contributed by atoms with E-state index in [2.05, 4.69) is 26.8 Å². The maximum absolute atomic E-state index is 10.2. The predicted molar refractivity (Wildman–Crippen MR) is 117 cm³/mol. The lowest BCUT2D eigenvalue weighted by molar-refractivity contribution is -0.0509. The van der Waals surface area contributed by atoms with Crippen LogP contribution in [0.5, 0.6) is 0 Å². The van der Waals surface area contributed by atoms with Crippen LogP contribution in [0.2, 0.25) is 0 Å². The second kappa shape index (κ2) is 7.14. The van der Waals surface area contributed by atoms with Crippen LogP contribution < -0.4 is 0 Å². The first-order valence-electron chi connectivity index (χ1n) is 12.8. The molecule has 0 heterocycles. The number of hydrogen-bond acceptors (Lipinski definition) is 1. The summed E-state index contributed by atoms with van der Waals surface area (Å²) in [6.07, 6.45) is 20.5. The van der Waals surface area contributed by atoms with Gasteiger partial charge in [-0.05, 0) is 117 Å². The van der Waals surface area contributed by atoms with Crippen LogP contribution in [-0.2, 0) is 0 Å². The van der Waals surface area contributed by atoms with Crippen molar-refractivity contribution in [2.24, 2.45) is 46.3 Å². The maximum Gasteiger partial charge on any atom is 0.0577 e. The highest BCUT2D eigenvalue weighted by atomic mass is 16.3. The number of rotatable bonds is 5. The standard InChI is InChI=1S/C27H44O/c1-18(19-7-8-19)5-4-6-20-10-12-24-23-11-9-21-17-22(28)13-15-27(21,3)25(23)14-16-26(20,24)2/h9,18-20,22-25,28H,4-8,10-17H2,1-3H3/t18?,20-,22?,23?,24?,25?,26?,27?/m0/s1. The van der Waals surface area contributed by atoms with Crippen LogP contribution in [0, 0.1) is 46.3 Å². The molecule has 5 aliphatic carbocycles. The number of fused-ring (bicyclic) bond motifs is 5. The quantitative estimate of drug-likeness (QED) is 0.499. The molecule has 0 saturated heterocycles. The number of aliphatic hydroxyl groups excluding tert-OH is 1. The SMILES string of the molecule is CC(CCC[C@H]1CCC2C3CC=C4CC(O)CCC4(C)C3CCC21C)C1CC1. The van der Waals surface area contributed by atoms with E-state index >= 15 is 0 Å². The van der Waals surface area contributed by atoms with Crippen LogP contribution >= 0.6 is 0 Å². The molecule has 28 heavy (non-hydrogen) atoms. The molecule has 7 unspecified atom stereocenters. The Morgan fingerprint density at radius 2 is 1.86 bits per heavy atom. The van der Waals surface area contributed by atoms with Gasteiger partial charge in [0.1, 0.15) is 0 Å². The molecule has 5 aliphatic rings. The Balaban J connectivity index is 1.27. The third-order valence-electron chi connectivity index (χ3n) is 10.9. The van der Waals surface area contributed by atoms with Gasteiger partial charge in [-0.1, -0.05) is 45.3 Å².